The van der Waals surface area contributed by atoms with Crippen LogP contribution in [0, 0.1) is 11.7 Å². The van der Waals surface area contributed by atoms with Gasteiger partial charge in [-0.05, 0) is 59.9 Å². The standard InChI is InChI=1S/C33H29FN6O/c34-25-10-4-8-22(14-25)27-11-5-9-23-18-36-32(38-30(23)27)31-28-16-21(12-13-29(28)39-40-31)24-15-26(19-35-17-24)37-33(41)20-6-2-1-3-7-20/h4-5,8-17,19-20H,1-3,6-7,18H2,(H,36,38)(H,37,41)(H,39,40). The summed E-state index contributed by atoms with van der Waals surface area (Å²) in [6.45, 7) is 0.581. The van der Waals surface area contributed by atoms with Crippen molar-refractivity contribution in [1.29, 1.82) is 0 Å². The van der Waals surface area contributed by atoms with E-state index in [0.29, 0.717) is 23.8 Å². The van der Waals surface area contributed by atoms with Crippen LogP contribution in [0.4, 0.5) is 15.8 Å². The summed E-state index contributed by atoms with van der Waals surface area (Å²) >= 11 is 0. The molecule has 8 heteroatoms. The van der Waals surface area contributed by atoms with Crippen LogP contribution in [0.3, 0.4) is 0 Å². The third-order valence-electron chi connectivity index (χ3n) is 8.03. The number of hydrogen-bond donors (Lipinski definition) is 3. The van der Waals surface area contributed by atoms with Crippen molar-refractivity contribution in [3.63, 3.8) is 0 Å². The number of benzene rings is 3. The molecule has 2 aromatic heterocycles. The highest BCUT2D eigenvalue weighted by molar-refractivity contribution is 6.10. The number of pyridine rings is 1. The number of aromatic nitrogens is 3. The minimum absolute atomic E-state index is 0.0765. The van der Waals surface area contributed by atoms with Gasteiger partial charge in [-0.3, -0.25) is 14.9 Å². The van der Waals surface area contributed by atoms with Crippen molar-refractivity contribution in [3.8, 4) is 22.3 Å². The van der Waals surface area contributed by atoms with E-state index in [1.165, 1.54) is 18.6 Å². The lowest BCUT2D eigenvalue weighted by atomic mass is 9.88. The normalized spacial score (nSPS) is 15.2. The third kappa shape index (κ3) is 4.97. The molecular formula is C33H29FN6O. The maximum Gasteiger partial charge on any atom is 0.227 e. The first-order valence-corrected chi connectivity index (χ1v) is 14.1. The van der Waals surface area contributed by atoms with Crippen LogP contribution in [0.2, 0.25) is 0 Å². The Morgan fingerprint density at radius 3 is 2.66 bits per heavy atom. The number of hydrogen-bond acceptors (Lipinski definition) is 5. The zero-order valence-corrected chi connectivity index (χ0v) is 22.5. The summed E-state index contributed by atoms with van der Waals surface area (Å²) in [5.41, 5.74) is 7.65. The molecule has 1 aliphatic carbocycles. The van der Waals surface area contributed by atoms with Gasteiger partial charge in [-0.1, -0.05) is 55.7 Å². The molecule has 3 aromatic carbocycles. The fourth-order valence-corrected chi connectivity index (χ4v) is 5.87. The maximum absolute atomic E-state index is 14.0. The molecule has 1 amide bonds. The summed E-state index contributed by atoms with van der Waals surface area (Å²) in [5, 5.41) is 15.1. The number of carbonyl (C=O) groups excluding carboxylic acids is 1. The lowest BCUT2D eigenvalue weighted by Gasteiger charge is -2.20. The van der Waals surface area contributed by atoms with Gasteiger partial charge in [-0.15, -0.1) is 0 Å². The van der Waals surface area contributed by atoms with Gasteiger partial charge in [0.05, 0.1) is 23.1 Å². The van der Waals surface area contributed by atoms with Crippen LogP contribution in [0.1, 0.15) is 43.4 Å². The molecular weight excluding hydrogens is 515 g/mol. The van der Waals surface area contributed by atoms with Gasteiger partial charge in [0.15, 0.2) is 5.84 Å². The van der Waals surface area contributed by atoms with E-state index in [0.717, 1.165) is 70.1 Å². The molecule has 0 spiro atoms. The third-order valence-corrected chi connectivity index (χ3v) is 8.03. The highest BCUT2D eigenvalue weighted by atomic mass is 19.1. The fraction of sp³-hybridized carbons (Fsp3) is 0.212. The van der Waals surface area contributed by atoms with Crippen LogP contribution in [0.25, 0.3) is 33.2 Å². The molecule has 41 heavy (non-hydrogen) atoms. The largest absolute Gasteiger partial charge is 0.364 e. The SMILES string of the molecule is O=C(Nc1cncc(-c2ccc3[nH]nc(C4=Nc5c(cccc5-c5cccc(F)c5)CN4)c3c2)c1)C1CCCCC1. The molecule has 0 atom stereocenters. The average molecular weight is 545 g/mol. The molecule has 0 radical (unpaired) electrons. The number of nitrogens with zero attached hydrogens (tertiary/aromatic N) is 3. The van der Waals surface area contributed by atoms with Crippen LogP contribution < -0.4 is 10.6 Å². The van der Waals surface area contributed by atoms with Gasteiger partial charge in [-0.25, -0.2) is 9.38 Å². The zero-order chi connectivity index (χ0) is 27.8. The number of aromatic amines is 1. The van der Waals surface area contributed by atoms with E-state index in [1.807, 2.05) is 42.5 Å². The summed E-state index contributed by atoms with van der Waals surface area (Å²) in [4.78, 5) is 22.2. The number of amidine groups is 1. The van der Waals surface area contributed by atoms with Gasteiger partial charge in [0, 0.05) is 35.2 Å². The first kappa shape index (κ1) is 25.1. The highest BCUT2D eigenvalue weighted by Gasteiger charge is 2.22. The van der Waals surface area contributed by atoms with E-state index >= 15 is 0 Å². The number of aliphatic imine (C=N–C) groups is 1. The number of para-hydroxylation sites is 1. The summed E-state index contributed by atoms with van der Waals surface area (Å²) in [6, 6.07) is 20.6. The summed E-state index contributed by atoms with van der Waals surface area (Å²) in [7, 11) is 0. The van der Waals surface area contributed by atoms with E-state index in [4.69, 9.17) is 4.99 Å². The van der Waals surface area contributed by atoms with Crippen LogP contribution in [0.15, 0.2) is 84.1 Å². The van der Waals surface area contributed by atoms with Gasteiger partial charge in [0.25, 0.3) is 0 Å². The molecule has 0 saturated heterocycles. The second-order valence-corrected chi connectivity index (χ2v) is 10.8. The summed E-state index contributed by atoms with van der Waals surface area (Å²) in [6.07, 6.45) is 8.83. The number of halogens is 1. The lowest BCUT2D eigenvalue weighted by Crippen LogP contribution is -2.27. The molecule has 5 aromatic rings. The van der Waals surface area contributed by atoms with Crippen molar-refractivity contribution in [3.05, 3.63) is 96.2 Å². The molecule has 1 fully saturated rings. The molecule has 0 bridgehead atoms. The Bertz CT molecular complexity index is 1800. The van der Waals surface area contributed by atoms with Crippen molar-refractivity contribution < 1.29 is 9.18 Å². The molecule has 3 N–H and O–H groups in total. The Morgan fingerprint density at radius 2 is 1.78 bits per heavy atom. The molecule has 1 aliphatic heterocycles. The van der Waals surface area contributed by atoms with Gasteiger partial charge >= 0.3 is 0 Å². The number of rotatable bonds is 5. The van der Waals surface area contributed by atoms with E-state index in [9.17, 15) is 9.18 Å². The Balaban J connectivity index is 1.22. The van der Waals surface area contributed by atoms with Crippen molar-refractivity contribution >= 4 is 34.0 Å². The second kappa shape index (κ2) is 10.6. The number of carbonyl (C=O) groups is 1. The van der Waals surface area contributed by atoms with Crippen molar-refractivity contribution in [1.82, 2.24) is 20.5 Å². The van der Waals surface area contributed by atoms with Crippen molar-refractivity contribution in [2.24, 2.45) is 10.9 Å². The fourth-order valence-electron chi connectivity index (χ4n) is 5.87. The molecule has 0 unspecified atom stereocenters. The van der Waals surface area contributed by atoms with Crippen LogP contribution in [0.5, 0.6) is 0 Å². The Morgan fingerprint density at radius 1 is 0.902 bits per heavy atom. The maximum atomic E-state index is 14.0. The van der Waals surface area contributed by atoms with E-state index in [1.54, 1.807) is 18.5 Å². The number of H-pyrrole nitrogens is 1. The van der Waals surface area contributed by atoms with Gasteiger partial charge in [0.2, 0.25) is 5.91 Å². The van der Waals surface area contributed by atoms with E-state index in [-0.39, 0.29) is 17.6 Å². The smallest absolute Gasteiger partial charge is 0.227 e. The molecule has 7 rings (SSSR count). The van der Waals surface area contributed by atoms with E-state index in [2.05, 4.69) is 31.9 Å². The Labute approximate surface area is 236 Å². The predicted molar refractivity (Wildman–Crippen MR) is 159 cm³/mol. The number of fused-ring (bicyclic) bond motifs is 2. The minimum atomic E-state index is -0.281. The molecule has 1 saturated carbocycles. The topological polar surface area (TPSA) is 95.1 Å². The van der Waals surface area contributed by atoms with Crippen molar-refractivity contribution in [2.45, 2.75) is 38.6 Å². The zero-order valence-electron chi connectivity index (χ0n) is 22.5. The number of anilines is 1. The molecule has 3 heterocycles. The Hall–Kier alpha value is -4.85. The van der Waals surface area contributed by atoms with Gasteiger partial charge in [0.1, 0.15) is 11.5 Å². The second-order valence-electron chi connectivity index (χ2n) is 10.8. The monoisotopic (exact) mass is 544 g/mol. The average Bonchev–Trinajstić information content (AvgIpc) is 3.44. The van der Waals surface area contributed by atoms with Gasteiger partial charge in [-0.2, -0.15) is 5.10 Å². The molecule has 7 nitrogen and oxygen atoms in total. The number of amides is 1. The molecule has 204 valence electrons. The van der Waals surface area contributed by atoms with E-state index < -0.39 is 0 Å². The first-order valence-electron chi connectivity index (χ1n) is 14.1. The van der Waals surface area contributed by atoms with Crippen molar-refractivity contribution in [2.75, 3.05) is 5.32 Å². The van der Waals surface area contributed by atoms with Crippen LogP contribution in [-0.4, -0.2) is 26.9 Å². The van der Waals surface area contributed by atoms with Crippen LogP contribution >= 0.6 is 0 Å². The van der Waals surface area contributed by atoms with Crippen LogP contribution in [-0.2, 0) is 11.3 Å². The number of nitrogens with one attached hydrogen (secondary N) is 3. The predicted octanol–water partition coefficient (Wildman–Crippen LogP) is 7.13. The summed E-state index contributed by atoms with van der Waals surface area (Å²) in [5.74, 6) is 0.524. The summed E-state index contributed by atoms with van der Waals surface area (Å²) < 4.78 is 14.0. The first-order chi connectivity index (χ1) is 20.1. The Kier molecular flexibility index (Phi) is 6.51. The quantitative estimate of drug-likeness (QED) is 0.219. The lowest BCUT2D eigenvalue weighted by molar-refractivity contribution is -0.120. The highest BCUT2D eigenvalue weighted by Crippen LogP contribution is 2.36. The van der Waals surface area contributed by atoms with Gasteiger partial charge < -0.3 is 10.6 Å². The minimum Gasteiger partial charge on any atom is -0.364 e. The molecule has 2 aliphatic rings.